The summed E-state index contributed by atoms with van der Waals surface area (Å²) in [5.74, 6) is 0.175. The van der Waals surface area contributed by atoms with Gasteiger partial charge >= 0.3 is 0 Å². The Kier molecular flexibility index (Phi) is 7.12. The molecule has 1 saturated carbocycles. The molecule has 0 aliphatic heterocycles. The maximum Gasteiger partial charge on any atom is 0.264 e. The molecule has 1 fully saturated rings. The van der Waals surface area contributed by atoms with Gasteiger partial charge in [-0.15, -0.1) is 6.58 Å². The normalized spacial score (nSPS) is 14.9. The number of benzene rings is 2. The number of rotatable bonds is 9. The molecule has 0 bridgehead atoms. The van der Waals surface area contributed by atoms with Crippen molar-refractivity contribution in [3.8, 4) is 0 Å². The summed E-state index contributed by atoms with van der Waals surface area (Å²) in [6.45, 7) is 9.97. The molecular weight excluding hydrogens is 432 g/mol. The van der Waals surface area contributed by atoms with Crippen LogP contribution in [0.3, 0.4) is 0 Å². The molecule has 0 saturated heterocycles. The Morgan fingerprint density at radius 3 is 2.42 bits per heavy atom. The maximum absolute atomic E-state index is 13.5. The van der Waals surface area contributed by atoms with Crippen molar-refractivity contribution in [2.24, 2.45) is 5.92 Å². The average Bonchev–Trinajstić information content (AvgIpc) is 3.57. The number of hydrogen-bond donors (Lipinski definition) is 0. The highest BCUT2D eigenvalue weighted by Crippen LogP contribution is 2.33. The Morgan fingerprint density at radius 1 is 1.16 bits per heavy atom. The van der Waals surface area contributed by atoms with Crippen molar-refractivity contribution in [3.63, 3.8) is 0 Å². The predicted octanol–water partition coefficient (Wildman–Crippen LogP) is 5.37. The topological polar surface area (TPSA) is 57.7 Å². The SMILES string of the molecule is C=CCN(c1ccccc1Cl)S(=O)(=O)c1cccc(C(=O)N(C2CC2)C(C)C(C)C)c1. The predicted molar refractivity (Wildman–Crippen MR) is 126 cm³/mol. The monoisotopic (exact) mass is 460 g/mol. The van der Waals surface area contributed by atoms with Crippen LogP contribution in [0.2, 0.25) is 5.02 Å². The van der Waals surface area contributed by atoms with Crippen LogP contribution in [-0.2, 0) is 10.0 Å². The molecule has 1 amide bonds. The number of nitrogens with zero attached hydrogens (tertiary/aromatic N) is 2. The van der Waals surface area contributed by atoms with Crippen molar-refractivity contribution in [2.75, 3.05) is 10.8 Å². The number of anilines is 1. The zero-order chi connectivity index (χ0) is 22.8. The second kappa shape index (κ2) is 9.45. The van der Waals surface area contributed by atoms with E-state index < -0.39 is 10.0 Å². The Labute approximate surface area is 190 Å². The number of para-hydroxylation sites is 1. The van der Waals surface area contributed by atoms with E-state index in [9.17, 15) is 13.2 Å². The molecule has 7 heteroatoms. The smallest absolute Gasteiger partial charge is 0.264 e. The summed E-state index contributed by atoms with van der Waals surface area (Å²) in [5, 5.41) is 0.325. The quantitative estimate of drug-likeness (QED) is 0.472. The van der Waals surface area contributed by atoms with E-state index in [1.807, 2.05) is 11.8 Å². The molecule has 0 aromatic heterocycles. The number of amides is 1. The van der Waals surface area contributed by atoms with Gasteiger partial charge in [0, 0.05) is 17.6 Å². The first-order valence-electron chi connectivity index (χ1n) is 10.5. The molecule has 2 aromatic carbocycles. The first-order valence-corrected chi connectivity index (χ1v) is 12.3. The van der Waals surface area contributed by atoms with Crippen LogP contribution in [0.15, 0.2) is 66.1 Å². The van der Waals surface area contributed by atoms with Crippen LogP contribution >= 0.6 is 11.6 Å². The first kappa shape index (κ1) is 23.4. The maximum atomic E-state index is 13.5. The molecule has 2 aromatic rings. The van der Waals surface area contributed by atoms with E-state index in [1.165, 1.54) is 22.5 Å². The fourth-order valence-corrected chi connectivity index (χ4v) is 5.31. The van der Waals surface area contributed by atoms with Crippen LogP contribution in [0.5, 0.6) is 0 Å². The second-order valence-corrected chi connectivity index (χ2v) is 10.5. The van der Waals surface area contributed by atoms with Gasteiger partial charge < -0.3 is 4.90 Å². The molecule has 166 valence electrons. The van der Waals surface area contributed by atoms with Gasteiger partial charge in [0.25, 0.3) is 15.9 Å². The lowest BCUT2D eigenvalue weighted by Gasteiger charge is -2.32. The van der Waals surface area contributed by atoms with E-state index in [0.717, 1.165) is 12.8 Å². The lowest BCUT2D eigenvalue weighted by molar-refractivity contribution is 0.0627. The molecule has 1 aliphatic carbocycles. The van der Waals surface area contributed by atoms with Crippen LogP contribution in [0.25, 0.3) is 0 Å². The Hall–Kier alpha value is -2.31. The number of halogens is 1. The van der Waals surface area contributed by atoms with Crippen molar-refractivity contribution in [2.45, 2.75) is 50.6 Å². The molecule has 1 aliphatic rings. The minimum atomic E-state index is -3.95. The fraction of sp³-hybridized carbons (Fsp3) is 0.375. The standard InChI is InChI=1S/C24H29ClN2O3S/c1-5-15-26(23-12-7-6-11-22(23)25)31(29,30)21-10-8-9-19(16-21)24(28)27(20-13-14-20)18(4)17(2)3/h5-12,16-18,20H,1,13-15H2,2-4H3. The van der Waals surface area contributed by atoms with E-state index in [0.29, 0.717) is 22.2 Å². The van der Waals surface area contributed by atoms with Crippen LogP contribution in [0.1, 0.15) is 44.0 Å². The van der Waals surface area contributed by atoms with Gasteiger partial charge in [0.15, 0.2) is 0 Å². The Bertz CT molecular complexity index is 1060. The molecule has 0 radical (unpaired) electrons. The Balaban J connectivity index is 2.00. The molecule has 5 nitrogen and oxygen atoms in total. The summed E-state index contributed by atoms with van der Waals surface area (Å²) in [4.78, 5) is 15.3. The van der Waals surface area contributed by atoms with E-state index in [4.69, 9.17) is 11.6 Å². The molecule has 3 rings (SSSR count). The van der Waals surface area contributed by atoms with Gasteiger partial charge in [-0.3, -0.25) is 9.10 Å². The van der Waals surface area contributed by atoms with E-state index >= 15 is 0 Å². The van der Waals surface area contributed by atoms with Gasteiger partial charge in [-0.2, -0.15) is 0 Å². The average molecular weight is 461 g/mol. The zero-order valence-corrected chi connectivity index (χ0v) is 19.7. The van der Waals surface area contributed by atoms with E-state index in [2.05, 4.69) is 20.4 Å². The third kappa shape index (κ3) is 4.96. The third-order valence-corrected chi connectivity index (χ3v) is 7.76. The van der Waals surface area contributed by atoms with E-state index in [-0.39, 0.29) is 29.4 Å². The van der Waals surface area contributed by atoms with Crippen molar-refractivity contribution in [3.05, 3.63) is 71.8 Å². The first-order chi connectivity index (χ1) is 14.7. The third-order valence-electron chi connectivity index (χ3n) is 5.66. The molecule has 1 unspecified atom stereocenters. The largest absolute Gasteiger partial charge is 0.333 e. The van der Waals surface area contributed by atoms with Gasteiger partial charge in [-0.1, -0.05) is 49.7 Å². The van der Waals surface area contributed by atoms with Crippen LogP contribution < -0.4 is 4.31 Å². The van der Waals surface area contributed by atoms with Gasteiger partial charge in [0.1, 0.15) is 0 Å². The highest BCUT2D eigenvalue weighted by atomic mass is 35.5. The minimum absolute atomic E-state index is 0.0491. The molecule has 31 heavy (non-hydrogen) atoms. The number of carbonyl (C=O) groups excluding carboxylic acids is 1. The molecule has 0 N–H and O–H groups in total. The summed E-state index contributed by atoms with van der Waals surface area (Å²) in [5.41, 5.74) is 0.743. The molecule has 0 heterocycles. The molecule has 0 spiro atoms. The van der Waals surface area contributed by atoms with Crippen molar-refractivity contribution in [1.82, 2.24) is 4.90 Å². The van der Waals surface area contributed by atoms with Crippen molar-refractivity contribution < 1.29 is 13.2 Å². The van der Waals surface area contributed by atoms with E-state index in [1.54, 1.807) is 36.4 Å². The van der Waals surface area contributed by atoms with Crippen molar-refractivity contribution >= 4 is 33.2 Å². The van der Waals surface area contributed by atoms with Crippen LogP contribution in [-0.4, -0.2) is 37.9 Å². The summed E-state index contributed by atoms with van der Waals surface area (Å²) in [6.07, 6.45) is 3.48. The lowest BCUT2D eigenvalue weighted by Crippen LogP contribution is -2.43. The van der Waals surface area contributed by atoms with Crippen LogP contribution in [0, 0.1) is 5.92 Å². The zero-order valence-electron chi connectivity index (χ0n) is 18.2. The summed E-state index contributed by atoms with van der Waals surface area (Å²) >= 11 is 6.28. The number of carbonyl (C=O) groups is 1. The number of hydrogen-bond acceptors (Lipinski definition) is 3. The van der Waals surface area contributed by atoms with Gasteiger partial charge in [-0.25, -0.2) is 8.42 Å². The van der Waals surface area contributed by atoms with Gasteiger partial charge in [-0.05, 0) is 56.0 Å². The fourth-order valence-electron chi connectivity index (χ4n) is 3.52. The summed E-state index contributed by atoms with van der Waals surface area (Å²) in [6, 6.07) is 13.3. The second-order valence-electron chi connectivity index (χ2n) is 8.23. The highest BCUT2D eigenvalue weighted by molar-refractivity contribution is 7.92. The van der Waals surface area contributed by atoms with Crippen LogP contribution in [0.4, 0.5) is 5.69 Å². The molecule has 1 atom stereocenters. The van der Waals surface area contributed by atoms with Gasteiger partial charge in [0.2, 0.25) is 0 Å². The van der Waals surface area contributed by atoms with Gasteiger partial charge in [0.05, 0.1) is 22.2 Å². The molecular formula is C24H29ClN2O3S. The summed E-state index contributed by atoms with van der Waals surface area (Å²) < 4.78 is 28.2. The summed E-state index contributed by atoms with van der Waals surface area (Å²) in [7, 11) is -3.95. The van der Waals surface area contributed by atoms with Crippen molar-refractivity contribution in [1.29, 1.82) is 0 Å². The minimum Gasteiger partial charge on any atom is -0.333 e. The highest BCUT2D eigenvalue weighted by Gasteiger charge is 2.37. The number of sulfonamides is 1. The lowest BCUT2D eigenvalue weighted by atomic mass is 10.0. The Morgan fingerprint density at radius 2 is 1.84 bits per heavy atom.